The van der Waals surface area contributed by atoms with Crippen LogP contribution in [0.5, 0.6) is 11.5 Å². The Bertz CT molecular complexity index is 915. The molecule has 0 radical (unpaired) electrons. The Labute approximate surface area is 158 Å². The van der Waals surface area contributed by atoms with Gasteiger partial charge in [-0.05, 0) is 44.2 Å². The lowest BCUT2D eigenvalue weighted by Crippen LogP contribution is -2.26. The molecule has 1 aromatic heterocycles. The van der Waals surface area contributed by atoms with Gasteiger partial charge in [0.25, 0.3) is 5.91 Å². The summed E-state index contributed by atoms with van der Waals surface area (Å²) in [5, 5.41) is 3.92. The Morgan fingerprint density at radius 3 is 2.48 bits per heavy atom. The summed E-state index contributed by atoms with van der Waals surface area (Å²) in [5.74, 6) is 1.64. The number of carbonyl (C=O) groups is 1. The van der Waals surface area contributed by atoms with E-state index in [9.17, 15) is 4.79 Å². The van der Waals surface area contributed by atoms with Crippen molar-refractivity contribution in [2.24, 2.45) is 0 Å². The maximum Gasteiger partial charge on any atom is 0.258 e. The van der Waals surface area contributed by atoms with Crippen LogP contribution in [-0.2, 0) is 6.61 Å². The first-order valence-corrected chi connectivity index (χ1v) is 8.57. The molecule has 3 rings (SSSR count). The zero-order valence-corrected chi connectivity index (χ0v) is 15.9. The van der Waals surface area contributed by atoms with Gasteiger partial charge in [-0.1, -0.05) is 23.4 Å². The summed E-state index contributed by atoms with van der Waals surface area (Å²) in [5.41, 5.74) is 3.03. The van der Waals surface area contributed by atoms with Gasteiger partial charge in [-0.25, -0.2) is 0 Å². The monoisotopic (exact) mass is 366 g/mol. The minimum Gasteiger partial charge on any atom is -0.493 e. The predicted molar refractivity (Wildman–Crippen MR) is 102 cm³/mol. The normalized spacial score (nSPS) is 10.5. The summed E-state index contributed by atoms with van der Waals surface area (Å²) < 4.78 is 16.4. The molecule has 27 heavy (non-hydrogen) atoms. The maximum atomic E-state index is 12.8. The zero-order chi connectivity index (χ0) is 19.4. The van der Waals surface area contributed by atoms with Crippen LogP contribution in [-0.4, -0.2) is 25.2 Å². The molecule has 0 fully saturated rings. The van der Waals surface area contributed by atoms with Crippen molar-refractivity contribution < 1.29 is 18.8 Å². The molecule has 0 N–H and O–H groups in total. The molecular formula is C21H22N2O4. The number of rotatable bonds is 6. The average Bonchev–Trinajstić information content (AvgIpc) is 3.03. The van der Waals surface area contributed by atoms with E-state index in [-0.39, 0.29) is 5.91 Å². The molecule has 6 nitrogen and oxygen atoms in total. The van der Waals surface area contributed by atoms with Gasteiger partial charge in [0, 0.05) is 18.3 Å². The van der Waals surface area contributed by atoms with E-state index >= 15 is 0 Å². The van der Waals surface area contributed by atoms with Crippen LogP contribution in [0.3, 0.4) is 0 Å². The molecule has 0 aliphatic heterocycles. The van der Waals surface area contributed by atoms with Gasteiger partial charge in [-0.3, -0.25) is 4.79 Å². The molecule has 0 aliphatic rings. The highest BCUT2D eigenvalue weighted by Gasteiger charge is 2.17. The van der Waals surface area contributed by atoms with Crippen LogP contribution in [0.15, 0.2) is 53.1 Å². The highest BCUT2D eigenvalue weighted by atomic mass is 16.5. The molecule has 140 valence electrons. The first kappa shape index (κ1) is 18.5. The number of nitrogens with zero attached hydrogens (tertiary/aromatic N) is 2. The highest BCUT2D eigenvalue weighted by Crippen LogP contribution is 2.30. The molecule has 0 spiro atoms. The van der Waals surface area contributed by atoms with Crippen molar-refractivity contribution in [3.05, 3.63) is 71.1 Å². The molecule has 0 bridgehead atoms. The van der Waals surface area contributed by atoms with E-state index < -0.39 is 0 Å². The standard InChI is InChI=1S/C21H22N2O4/c1-14-18(15(2)27-22-14)13-26-19-11-10-16(12-20(19)25-4)21(24)23(3)17-8-6-5-7-9-17/h5-12H,13H2,1-4H3. The van der Waals surface area contributed by atoms with Crippen LogP contribution < -0.4 is 14.4 Å². The predicted octanol–water partition coefficient (Wildman–Crippen LogP) is 4.16. The van der Waals surface area contributed by atoms with Crippen LogP contribution >= 0.6 is 0 Å². The van der Waals surface area contributed by atoms with Crippen molar-refractivity contribution in [2.75, 3.05) is 19.1 Å². The molecule has 0 saturated heterocycles. The second-order valence-electron chi connectivity index (χ2n) is 6.16. The molecule has 0 aliphatic carbocycles. The van der Waals surface area contributed by atoms with E-state index in [1.54, 1.807) is 37.3 Å². The van der Waals surface area contributed by atoms with Crippen molar-refractivity contribution >= 4 is 11.6 Å². The van der Waals surface area contributed by atoms with Gasteiger partial charge in [0.05, 0.1) is 18.4 Å². The fourth-order valence-corrected chi connectivity index (χ4v) is 2.74. The van der Waals surface area contributed by atoms with Crippen LogP contribution in [0, 0.1) is 13.8 Å². The van der Waals surface area contributed by atoms with Crippen LogP contribution in [0.2, 0.25) is 0 Å². The third-order valence-electron chi connectivity index (χ3n) is 4.41. The Morgan fingerprint density at radius 1 is 1.11 bits per heavy atom. The lowest BCUT2D eigenvalue weighted by molar-refractivity contribution is 0.0992. The number of hydrogen-bond donors (Lipinski definition) is 0. The number of aryl methyl sites for hydroxylation is 2. The van der Waals surface area contributed by atoms with Crippen LogP contribution in [0.25, 0.3) is 0 Å². The van der Waals surface area contributed by atoms with Crippen molar-refractivity contribution in [2.45, 2.75) is 20.5 Å². The van der Waals surface area contributed by atoms with E-state index in [0.717, 1.165) is 22.7 Å². The third kappa shape index (κ3) is 3.95. The molecule has 1 amide bonds. The summed E-state index contributed by atoms with van der Waals surface area (Å²) in [6.07, 6.45) is 0. The van der Waals surface area contributed by atoms with E-state index in [4.69, 9.17) is 14.0 Å². The fraction of sp³-hybridized carbons (Fsp3) is 0.238. The number of carbonyl (C=O) groups excluding carboxylic acids is 1. The summed E-state index contributed by atoms with van der Waals surface area (Å²) in [6.45, 7) is 4.03. The van der Waals surface area contributed by atoms with Crippen LogP contribution in [0.4, 0.5) is 5.69 Å². The van der Waals surface area contributed by atoms with E-state index in [0.29, 0.717) is 23.7 Å². The van der Waals surface area contributed by atoms with Gasteiger partial charge >= 0.3 is 0 Å². The smallest absolute Gasteiger partial charge is 0.258 e. The second-order valence-corrected chi connectivity index (χ2v) is 6.16. The summed E-state index contributed by atoms with van der Waals surface area (Å²) in [4.78, 5) is 14.4. The number of methoxy groups -OCH3 is 1. The molecule has 3 aromatic rings. The lowest BCUT2D eigenvalue weighted by Gasteiger charge is -2.18. The topological polar surface area (TPSA) is 64.8 Å². The lowest BCUT2D eigenvalue weighted by atomic mass is 10.1. The SMILES string of the molecule is COc1cc(C(=O)N(C)c2ccccc2)ccc1OCc1c(C)noc1C. The maximum absolute atomic E-state index is 12.8. The highest BCUT2D eigenvalue weighted by molar-refractivity contribution is 6.06. The Morgan fingerprint density at radius 2 is 1.85 bits per heavy atom. The Kier molecular flexibility index (Phi) is 5.45. The first-order chi connectivity index (χ1) is 13.0. The largest absolute Gasteiger partial charge is 0.493 e. The minimum atomic E-state index is -0.128. The van der Waals surface area contributed by atoms with E-state index in [1.165, 1.54) is 0 Å². The van der Waals surface area contributed by atoms with Gasteiger partial charge < -0.3 is 18.9 Å². The summed E-state index contributed by atoms with van der Waals surface area (Å²) in [7, 11) is 3.29. The number of hydrogen-bond acceptors (Lipinski definition) is 5. The number of benzene rings is 2. The van der Waals surface area contributed by atoms with Crippen molar-refractivity contribution in [1.29, 1.82) is 0 Å². The summed E-state index contributed by atoms with van der Waals surface area (Å²) in [6, 6.07) is 14.6. The molecular weight excluding hydrogens is 344 g/mol. The molecule has 0 unspecified atom stereocenters. The second kappa shape index (κ2) is 7.95. The first-order valence-electron chi connectivity index (χ1n) is 8.57. The number of anilines is 1. The molecule has 0 saturated carbocycles. The molecule has 1 heterocycles. The minimum absolute atomic E-state index is 0.128. The number of aromatic nitrogens is 1. The third-order valence-corrected chi connectivity index (χ3v) is 4.41. The molecule has 0 atom stereocenters. The van der Waals surface area contributed by atoms with Gasteiger partial charge in [-0.15, -0.1) is 0 Å². The summed E-state index contributed by atoms with van der Waals surface area (Å²) >= 11 is 0. The van der Waals surface area contributed by atoms with Crippen molar-refractivity contribution in [3.63, 3.8) is 0 Å². The quantitative estimate of drug-likeness (QED) is 0.655. The average molecular weight is 366 g/mol. The molecule has 6 heteroatoms. The number of para-hydroxylation sites is 1. The van der Waals surface area contributed by atoms with Crippen molar-refractivity contribution in [3.8, 4) is 11.5 Å². The molecule has 2 aromatic carbocycles. The van der Waals surface area contributed by atoms with E-state index in [1.807, 2.05) is 44.2 Å². The Balaban J connectivity index is 1.78. The van der Waals surface area contributed by atoms with Crippen LogP contribution in [0.1, 0.15) is 27.4 Å². The Hall–Kier alpha value is -3.28. The number of ether oxygens (including phenoxy) is 2. The van der Waals surface area contributed by atoms with Gasteiger partial charge in [0.15, 0.2) is 11.5 Å². The number of amides is 1. The van der Waals surface area contributed by atoms with Gasteiger partial charge in [0.2, 0.25) is 0 Å². The van der Waals surface area contributed by atoms with Gasteiger partial charge in [0.1, 0.15) is 12.4 Å². The fourth-order valence-electron chi connectivity index (χ4n) is 2.74. The van der Waals surface area contributed by atoms with Crippen molar-refractivity contribution in [1.82, 2.24) is 5.16 Å². The zero-order valence-electron chi connectivity index (χ0n) is 15.9. The van der Waals surface area contributed by atoms with Gasteiger partial charge in [-0.2, -0.15) is 0 Å². The van der Waals surface area contributed by atoms with E-state index in [2.05, 4.69) is 5.16 Å².